The Bertz CT molecular complexity index is 639. The van der Waals surface area contributed by atoms with Gasteiger partial charge in [0.25, 0.3) is 0 Å². The van der Waals surface area contributed by atoms with E-state index in [9.17, 15) is 4.39 Å². The highest BCUT2D eigenvalue weighted by atomic mass is 35.5. The van der Waals surface area contributed by atoms with E-state index in [0.29, 0.717) is 11.4 Å². The number of halogens is 2. The smallest absolute Gasteiger partial charge is 0.126 e. The van der Waals surface area contributed by atoms with Gasteiger partial charge in [-0.3, -0.25) is 0 Å². The number of ether oxygens (including phenoxy) is 1. The Morgan fingerprint density at radius 1 is 1.25 bits per heavy atom. The van der Waals surface area contributed by atoms with Gasteiger partial charge in [0.15, 0.2) is 0 Å². The highest BCUT2D eigenvalue weighted by Crippen LogP contribution is 2.40. The SMILES string of the molecule is Cc1ccc2c(c1)[C@@H](N)CC(c1cc(F)cc(Cl)c1)O2. The summed E-state index contributed by atoms with van der Waals surface area (Å²) in [4.78, 5) is 0. The summed E-state index contributed by atoms with van der Waals surface area (Å²) in [6.45, 7) is 2.02. The van der Waals surface area contributed by atoms with Gasteiger partial charge in [-0.15, -0.1) is 0 Å². The van der Waals surface area contributed by atoms with Gasteiger partial charge in [0.2, 0.25) is 0 Å². The summed E-state index contributed by atoms with van der Waals surface area (Å²) in [6, 6.07) is 10.3. The maximum absolute atomic E-state index is 13.5. The van der Waals surface area contributed by atoms with Gasteiger partial charge in [-0.25, -0.2) is 4.39 Å². The van der Waals surface area contributed by atoms with Gasteiger partial charge >= 0.3 is 0 Å². The molecule has 20 heavy (non-hydrogen) atoms. The van der Waals surface area contributed by atoms with Crippen molar-refractivity contribution in [1.29, 1.82) is 0 Å². The second kappa shape index (κ2) is 5.08. The van der Waals surface area contributed by atoms with Crippen LogP contribution in [0.4, 0.5) is 4.39 Å². The molecule has 2 atom stereocenters. The molecule has 0 bridgehead atoms. The molecule has 2 aromatic carbocycles. The van der Waals surface area contributed by atoms with Crippen molar-refractivity contribution in [2.45, 2.75) is 25.5 Å². The van der Waals surface area contributed by atoms with E-state index in [1.807, 2.05) is 25.1 Å². The third-order valence-electron chi connectivity index (χ3n) is 3.56. The number of hydrogen-bond acceptors (Lipinski definition) is 2. The van der Waals surface area contributed by atoms with Crippen molar-refractivity contribution in [1.82, 2.24) is 0 Å². The predicted molar refractivity (Wildman–Crippen MR) is 77.5 cm³/mol. The Kier molecular flexibility index (Phi) is 3.40. The molecule has 2 nitrogen and oxygen atoms in total. The zero-order valence-corrected chi connectivity index (χ0v) is 11.8. The minimum Gasteiger partial charge on any atom is -0.485 e. The molecular weight excluding hydrogens is 277 g/mol. The molecule has 0 saturated heterocycles. The minimum absolute atomic E-state index is 0.120. The average Bonchev–Trinajstić information content (AvgIpc) is 2.38. The quantitative estimate of drug-likeness (QED) is 0.849. The van der Waals surface area contributed by atoms with Crippen LogP contribution in [-0.4, -0.2) is 0 Å². The van der Waals surface area contributed by atoms with E-state index < -0.39 is 0 Å². The predicted octanol–water partition coefficient (Wildman–Crippen LogP) is 4.31. The highest BCUT2D eigenvalue weighted by Gasteiger charge is 2.27. The average molecular weight is 292 g/mol. The summed E-state index contributed by atoms with van der Waals surface area (Å²) < 4.78 is 19.4. The highest BCUT2D eigenvalue weighted by molar-refractivity contribution is 6.30. The number of benzene rings is 2. The van der Waals surface area contributed by atoms with Gasteiger partial charge in [0.1, 0.15) is 17.7 Å². The van der Waals surface area contributed by atoms with Gasteiger partial charge in [-0.05, 0) is 36.8 Å². The van der Waals surface area contributed by atoms with Crippen molar-refractivity contribution >= 4 is 11.6 Å². The van der Waals surface area contributed by atoms with Crippen molar-refractivity contribution in [3.63, 3.8) is 0 Å². The third kappa shape index (κ3) is 2.51. The molecule has 0 amide bonds. The lowest BCUT2D eigenvalue weighted by Gasteiger charge is -2.31. The molecule has 0 aliphatic carbocycles. The van der Waals surface area contributed by atoms with Crippen molar-refractivity contribution in [3.8, 4) is 5.75 Å². The number of aryl methyl sites for hydroxylation is 1. The third-order valence-corrected chi connectivity index (χ3v) is 3.78. The van der Waals surface area contributed by atoms with Gasteiger partial charge in [-0.2, -0.15) is 0 Å². The van der Waals surface area contributed by atoms with Gasteiger partial charge in [-0.1, -0.05) is 29.3 Å². The summed E-state index contributed by atoms with van der Waals surface area (Å²) in [5.41, 5.74) is 9.08. The van der Waals surface area contributed by atoms with E-state index in [0.717, 1.165) is 22.4 Å². The Labute approximate surface area is 122 Å². The summed E-state index contributed by atoms with van der Waals surface area (Å²) in [7, 11) is 0. The number of rotatable bonds is 1. The zero-order valence-electron chi connectivity index (χ0n) is 11.1. The Morgan fingerprint density at radius 3 is 2.80 bits per heavy atom. The van der Waals surface area contributed by atoms with Crippen LogP contribution in [0.1, 0.15) is 35.3 Å². The van der Waals surface area contributed by atoms with Gasteiger partial charge in [0, 0.05) is 23.0 Å². The maximum atomic E-state index is 13.5. The summed E-state index contributed by atoms with van der Waals surface area (Å²) in [6.07, 6.45) is 0.337. The number of nitrogens with two attached hydrogens (primary N) is 1. The van der Waals surface area contributed by atoms with E-state index in [2.05, 4.69) is 0 Å². The maximum Gasteiger partial charge on any atom is 0.126 e. The molecule has 0 fully saturated rings. The monoisotopic (exact) mass is 291 g/mol. The van der Waals surface area contributed by atoms with Crippen LogP contribution in [0.5, 0.6) is 5.75 Å². The van der Waals surface area contributed by atoms with Crippen molar-refractivity contribution < 1.29 is 9.13 Å². The molecule has 0 radical (unpaired) electrons. The van der Waals surface area contributed by atoms with Crippen LogP contribution in [0.25, 0.3) is 0 Å². The van der Waals surface area contributed by atoms with Gasteiger partial charge < -0.3 is 10.5 Å². The van der Waals surface area contributed by atoms with Crippen molar-refractivity contribution in [3.05, 3.63) is 63.9 Å². The molecule has 3 rings (SSSR count). The number of fused-ring (bicyclic) bond motifs is 1. The molecule has 1 aliphatic heterocycles. The first-order valence-electron chi connectivity index (χ1n) is 6.52. The first kappa shape index (κ1) is 13.4. The molecule has 1 aliphatic rings. The molecule has 1 heterocycles. The zero-order chi connectivity index (χ0) is 14.3. The summed E-state index contributed by atoms with van der Waals surface area (Å²) in [5, 5.41) is 0.367. The van der Waals surface area contributed by atoms with E-state index in [4.69, 9.17) is 22.1 Å². The lowest BCUT2D eigenvalue weighted by molar-refractivity contribution is 0.161. The fourth-order valence-corrected chi connectivity index (χ4v) is 2.82. The lowest BCUT2D eigenvalue weighted by Crippen LogP contribution is -2.24. The normalized spacial score (nSPS) is 21.2. The van der Waals surface area contributed by atoms with Crippen molar-refractivity contribution in [2.24, 2.45) is 5.73 Å². The fraction of sp³-hybridized carbons (Fsp3) is 0.250. The molecule has 0 spiro atoms. The molecule has 0 aromatic heterocycles. The second-order valence-electron chi connectivity index (χ2n) is 5.19. The Morgan fingerprint density at radius 2 is 2.05 bits per heavy atom. The standard InChI is InChI=1S/C16H15ClFNO/c1-9-2-3-15-13(4-9)14(19)8-16(20-15)10-5-11(17)7-12(18)6-10/h2-7,14,16H,8,19H2,1H3/t14-,16?/m0/s1. The molecule has 2 N–H and O–H groups in total. The van der Waals surface area contributed by atoms with E-state index in [1.54, 1.807) is 6.07 Å². The largest absolute Gasteiger partial charge is 0.485 e. The Hall–Kier alpha value is -1.58. The first-order valence-corrected chi connectivity index (χ1v) is 6.89. The van der Waals surface area contributed by atoms with E-state index in [-0.39, 0.29) is 18.0 Å². The molecule has 104 valence electrons. The Balaban J connectivity index is 1.96. The summed E-state index contributed by atoms with van der Waals surface area (Å²) in [5.74, 6) is 0.402. The molecule has 1 unspecified atom stereocenters. The van der Waals surface area contributed by atoms with Crippen LogP contribution >= 0.6 is 11.6 Å². The fourth-order valence-electron chi connectivity index (χ4n) is 2.59. The van der Waals surface area contributed by atoms with Crippen LogP contribution in [-0.2, 0) is 0 Å². The number of hydrogen-bond donors (Lipinski definition) is 1. The van der Waals surface area contributed by atoms with Crippen LogP contribution in [0, 0.1) is 12.7 Å². The molecule has 2 aromatic rings. The minimum atomic E-state index is -0.362. The topological polar surface area (TPSA) is 35.2 Å². The van der Waals surface area contributed by atoms with Crippen LogP contribution in [0.3, 0.4) is 0 Å². The molecule has 4 heteroatoms. The first-order chi connectivity index (χ1) is 9.52. The molecular formula is C16H15ClFNO. The molecule has 0 saturated carbocycles. The summed E-state index contributed by atoms with van der Waals surface area (Å²) >= 11 is 5.90. The van der Waals surface area contributed by atoms with Crippen LogP contribution in [0.15, 0.2) is 36.4 Å². The van der Waals surface area contributed by atoms with Crippen LogP contribution in [0.2, 0.25) is 5.02 Å². The van der Waals surface area contributed by atoms with E-state index in [1.165, 1.54) is 12.1 Å². The second-order valence-corrected chi connectivity index (χ2v) is 5.63. The van der Waals surface area contributed by atoms with Crippen molar-refractivity contribution in [2.75, 3.05) is 0 Å². The lowest BCUT2D eigenvalue weighted by atomic mass is 9.92. The van der Waals surface area contributed by atoms with Crippen LogP contribution < -0.4 is 10.5 Å². The van der Waals surface area contributed by atoms with E-state index >= 15 is 0 Å². The van der Waals surface area contributed by atoms with Gasteiger partial charge in [0.05, 0.1) is 0 Å².